The highest BCUT2D eigenvalue weighted by atomic mass is 31.2. The molecule has 4 rings (SSSR count). The van der Waals surface area contributed by atoms with Crippen molar-refractivity contribution in [1.82, 2.24) is 19.5 Å². The minimum Gasteiger partial charge on any atom is -0.406 e. The topological polar surface area (TPSA) is 153 Å². The Morgan fingerprint density at radius 1 is 1.18 bits per heavy atom. The molecule has 0 aliphatic rings. The molecular weight excluding hydrogens is 520 g/mol. The first-order chi connectivity index (χ1) is 18.4. The average molecular weight is 545 g/mol. The van der Waals surface area contributed by atoms with Gasteiger partial charge in [-0.3, -0.25) is 14.3 Å². The predicted octanol–water partition coefficient (Wildman–Crippen LogP) is 3.84. The van der Waals surface area contributed by atoms with Crippen molar-refractivity contribution in [2.24, 2.45) is 0 Å². The van der Waals surface area contributed by atoms with Crippen LogP contribution in [0.2, 0.25) is 0 Å². The van der Waals surface area contributed by atoms with E-state index in [0.717, 1.165) is 5.56 Å². The number of H-pyrrole nitrogens is 1. The molecule has 2 aromatic heterocycles. The number of ether oxygens (including phenoxy) is 3. The van der Waals surface area contributed by atoms with Crippen LogP contribution in [0.3, 0.4) is 0 Å². The van der Waals surface area contributed by atoms with Crippen molar-refractivity contribution in [1.29, 1.82) is 0 Å². The number of halogens is 1. The lowest BCUT2D eigenvalue weighted by molar-refractivity contribution is 0.0244. The highest BCUT2D eigenvalue weighted by Gasteiger charge is 2.15. The molecule has 0 amide bonds. The highest BCUT2D eigenvalue weighted by Crippen LogP contribution is 2.39. The Hall–Kier alpha value is -3.90. The number of hydrogen-bond acceptors (Lipinski definition) is 10. The molecule has 0 fully saturated rings. The smallest absolute Gasteiger partial charge is 0.406 e. The standard InChI is InChI=1S/C24H25FN5O7P/c1-16-5-7-19(8-6-16)37-24(32)34-14-36-38(35-12-17-3-2-4-18(25)11-17)15-33-10-9-30-13-27-20-21(30)28-23(26)29-22(20)31/h2-8,11,13H,9-10,12,14-15H2,1H3,(H3,26,28,29,31). The third kappa shape index (κ3) is 7.80. The zero-order valence-electron chi connectivity index (χ0n) is 20.3. The molecular formula is C24H25FN5O7P. The molecule has 12 nitrogen and oxygen atoms in total. The van der Waals surface area contributed by atoms with Gasteiger partial charge in [0.15, 0.2) is 11.2 Å². The molecule has 0 saturated carbocycles. The molecule has 4 aromatic rings. The van der Waals surface area contributed by atoms with Crippen LogP contribution in [0.15, 0.2) is 59.7 Å². The van der Waals surface area contributed by atoms with E-state index >= 15 is 0 Å². The number of imidazole rings is 1. The van der Waals surface area contributed by atoms with E-state index in [1.165, 1.54) is 18.5 Å². The maximum Gasteiger partial charge on any atom is 0.515 e. The van der Waals surface area contributed by atoms with E-state index in [0.29, 0.717) is 23.5 Å². The highest BCUT2D eigenvalue weighted by molar-refractivity contribution is 7.46. The van der Waals surface area contributed by atoms with Gasteiger partial charge in [-0.1, -0.05) is 29.8 Å². The number of nitrogens with zero attached hydrogens (tertiary/aromatic N) is 3. The van der Waals surface area contributed by atoms with Crippen molar-refractivity contribution in [3.63, 3.8) is 0 Å². The van der Waals surface area contributed by atoms with Gasteiger partial charge in [0.1, 0.15) is 17.9 Å². The molecule has 1 unspecified atom stereocenters. The third-order valence-electron chi connectivity index (χ3n) is 5.03. The number of nitrogens with two attached hydrogens (primary N) is 1. The van der Waals surface area contributed by atoms with Crippen LogP contribution < -0.4 is 16.0 Å². The zero-order valence-corrected chi connectivity index (χ0v) is 21.2. The maximum absolute atomic E-state index is 13.5. The number of fused-ring (bicyclic) bond motifs is 1. The zero-order chi connectivity index (χ0) is 26.9. The first-order valence-electron chi connectivity index (χ1n) is 11.3. The molecule has 0 saturated heterocycles. The SMILES string of the molecule is Cc1ccc(OC(=O)OCOP(COCCn2cnc3c(=O)[nH]c(N)nc32)OCc2cccc(F)c2)cc1. The Morgan fingerprint density at radius 3 is 2.79 bits per heavy atom. The molecule has 0 radical (unpaired) electrons. The fourth-order valence-electron chi connectivity index (χ4n) is 3.19. The number of benzene rings is 2. The minimum absolute atomic E-state index is 0.0177. The Morgan fingerprint density at radius 2 is 2.00 bits per heavy atom. The number of nitrogen functional groups attached to an aromatic ring is 1. The fourth-order valence-corrected chi connectivity index (χ4v) is 4.15. The number of aryl methyl sites for hydroxylation is 1. The van der Waals surface area contributed by atoms with E-state index < -0.39 is 32.7 Å². The van der Waals surface area contributed by atoms with Crippen LogP contribution in [0.4, 0.5) is 15.1 Å². The summed E-state index contributed by atoms with van der Waals surface area (Å²) in [5.41, 5.74) is 7.29. The Kier molecular flexibility index (Phi) is 9.33. The van der Waals surface area contributed by atoms with Gasteiger partial charge in [0.05, 0.1) is 19.5 Å². The van der Waals surface area contributed by atoms with Gasteiger partial charge in [-0.25, -0.2) is 14.2 Å². The van der Waals surface area contributed by atoms with Crippen molar-refractivity contribution in [3.8, 4) is 5.75 Å². The number of aromatic nitrogens is 4. The number of nitrogens with one attached hydrogen (secondary N) is 1. The van der Waals surface area contributed by atoms with Gasteiger partial charge in [-0.15, -0.1) is 0 Å². The number of carbonyl (C=O) groups is 1. The fraction of sp³-hybridized carbons (Fsp3) is 0.250. The number of rotatable bonds is 12. The molecule has 3 N–H and O–H groups in total. The van der Waals surface area contributed by atoms with E-state index in [4.69, 9.17) is 29.0 Å². The lowest BCUT2D eigenvalue weighted by Gasteiger charge is -2.18. The van der Waals surface area contributed by atoms with Crippen LogP contribution in [0.1, 0.15) is 11.1 Å². The van der Waals surface area contributed by atoms with Crippen LogP contribution in [0, 0.1) is 12.7 Å². The second kappa shape index (κ2) is 13.1. The van der Waals surface area contributed by atoms with Gasteiger partial charge < -0.3 is 29.0 Å². The van der Waals surface area contributed by atoms with E-state index in [9.17, 15) is 14.0 Å². The molecule has 2 heterocycles. The van der Waals surface area contributed by atoms with E-state index in [-0.39, 0.29) is 31.0 Å². The molecule has 0 aliphatic heterocycles. The minimum atomic E-state index is -1.70. The van der Waals surface area contributed by atoms with Gasteiger partial charge in [0.25, 0.3) is 5.56 Å². The van der Waals surface area contributed by atoms with Crippen molar-refractivity contribution in [2.45, 2.75) is 20.1 Å². The molecule has 1 atom stereocenters. The summed E-state index contributed by atoms with van der Waals surface area (Å²) in [5, 5.41) is 0. The van der Waals surface area contributed by atoms with Gasteiger partial charge in [-0.05, 0) is 36.8 Å². The summed E-state index contributed by atoms with van der Waals surface area (Å²) >= 11 is 0. The molecule has 0 aliphatic carbocycles. The van der Waals surface area contributed by atoms with Crippen LogP contribution in [-0.2, 0) is 31.7 Å². The molecule has 2 aromatic carbocycles. The molecule has 0 bridgehead atoms. The number of carbonyl (C=O) groups excluding carboxylic acids is 1. The molecule has 200 valence electrons. The maximum atomic E-state index is 13.5. The normalized spacial score (nSPS) is 11.9. The summed E-state index contributed by atoms with van der Waals surface area (Å²) in [6, 6.07) is 12.8. The average Bonchev–Trinajstić information content (AvgIpc) is 3.29. The lowest BCUT2D eigenvalue weighted by atomic mass is 10.2. The van der Waals surface area contributed by atoms with Gasteiger partial charge in [0, 0.05) is 6.54 Å². The van der Waals surface area contributed by atoms with E-state index in [1.807, 2.05) is 6.92 Å². The predicted molar refractivity (Wildman–Crippen MR) is 136 cm³/mol. The summed E-state index contributed by atoms with van der Waals surface area (Å²) in [5.74, 6) is -0.0806. The molecule has 38 heavy (non-hydrogen) atoms. The summed E-state index contributed by atoms with van der Waals surface area (Å²) in [4.78, 5) is 34.4. The largest absolute Gasteiger partial charge is 0.515 e. The van der Waals surface area contributed by atoms with Crippen LogP contribution in [0.5, 0.6) is 5.75 Å². The summed E-state index contributed by atoms with van der Waals surface area (Å²) in [6.45, 7) is 2.04. The quantitative estimate of drug-likeness (QED) is 0.0883. The first-order valence-corrected chi connectivity index (χ1v) is 12.7. The van der Waals surface area contributed by atoms with Crippen molar-refractivity contribution < 1.29 is 32.4 Å². The summed E-state index contributed by atoms with van der Waals surface area (Å²) < 4.78 is 42.2. The number of anilines is 1. The van der Waals surface area contributed by atoms with Crippen molar-refractivity contribution >= 4 is 31.6 Å². The van der Waals surface area contributed by atoms with Gasteiger partial charge >= 0.3 is 6.16 Å². The second-order valence-electron chi connectivity index (χ2n) is 7.89. The third-order valence-corrected chi connectivity index (χ3v) is 6.23. The Bertz CT molecular complexity index is 1430. The van der Waals surface area contributed by atoms with Crippen LogP contribution >= 0.6 is 8.38 Å². The summed E-state index contributed by atoms with van der Waals surface area (Å²) in [6.07, 6.45) is 0.538. The summed E-state index contributed by atoms with van der Waals surface area (Å²) in [7, 11) is -1.70. The van der Waals surface area contributed by atoms with E-state index in [1.54, 1.807) is 41.0 Å². The monoisotopic (exact) mass is 545 g/mol. The Labute approximate surface area is 217 Å². The molecule has 0 spiro atoms. The first kappa shape index (κ1) is 27.1. The number of hydrogen-bond donors (Lipinski definition) is 2. The number of aromatic amines is 1. The van der Waals surface area contributed by atoms with Crippen molar-refractivity contribution in [2.75, 3.05) is 25.5 Å². The molecule has 14 heteroatoms. The van der Waals surface area contributed by atoms with E-state index in [2.05, 4.69) is 15.0 Å². The second-order valence-corrected chi connectivity index (χ2v) is 9.33. The van der Waals surface area contributed by atoms with Crippen LogP contribution in [-0.4, -0.2) is 45.4 Å². The van der Waals surface area contributed by atoms with Crippen molar-refractivity contribution in [3.05, 3.63) is 82.2 Å². The van der Waals surface area contributed by atoms with Gasteiger partial charge in [0.2, 0.25) is 21.1 Å². The Balaban J connectivity index is 1.28. The lowest BCUT2D eigenvalue weighted by Crippen LogP contribution is -2.14. The van der Waals surface area contributed by atoms with Gasteiger partial charge in [-0.2, -0.15) is 4.98 Å². The van der Waals surface area contributed by atoms with Crippen LogP contribution in [0.25, 0.3) is 11.2 Å².